The Kier molecular flexibility index (Phi) is 8.96. The predicted octanol–water partition coefficient (Wildman–Crippen LogP) is 0.173. The van der Waals surface area contributed by atoms with Crippen molar-refractivity contribution in [3.63, 3.8) is 0 Å². The maximum absolute atomic E-state index is 14.0. The summed E-state index contributed by atoms with van der Waals surface area (Å²) >= 11 is 0. The molecule has 0 unspecified atom stereocenters. The van der Waals surface area contributed by atoms with Crippen molar-refractivity contribution in [1.82, 2.24) is 15.2 Å². The number of Topliss-reactive ketones (excluding diaryl/α,β-unsaturated/α-hetero) is 2. The van der Waals surface area contributed by atoms with Gasteiger partial charge in [0.25, 0.3) is 5.91 Å². The number of ketones is 2. The van der Waals surface area contributed by atoms with Crippen LogP contribution in [0.1, 0.15) is 38.3 Å². The first-order valence-electron chi connectivity index (χ1n) is 13.5. The molecule has 0 saturated heterocycles. The van der Waals surface area contributed by atoms with E-state index in [4.69, 9.17) is 5.73 Å². The van der Waals surface area contributed by atoms with Crippen molar-refractivity contribution in [2.75, 3.05) is 45.0 Å². The molecule has 14 nitrogen and oxygen atoms in total. The van der Waals surface area contributed by atoms with Gasteiger partial charge in [-0.1, -0.05) is 0 Å². The third kappa shape index (κ3) is 5.44. The van der Waals surface area contributed by atoms with Crippen molar-refractivity contribution in [3.8, 4) is 5.75 Å². The lowest BCUT2D eigenvalue weighted by atomic mass is 9.57. The number of aromatic nitrogens is 1. The van der Waals surface area contributed by atoms with Gasteiger partial charge in [-0.05, 0) is 53.6 Å². The SMILES string of the molecule is CN(C)c1nc(NC(=O)CNC(C)(C)C)c(O)c2c1C[C@H]1C[C@H]3[C@H](N(C)C)C(=O)C(C(N)=O)=C(O)[C@@]3(O)C(=O)C1=C2O.Cl. The molecule has 43 heavy (non-hydrogen) atoms. The van der Waals surface area contributed by atoms with Crippen molar-refractivity contribution in [3.05, 3.63) is 28.0 Å². The van der Waals surface area contributed by atoms with Crippen LogP contribution >= 0.6 is 12.4 Å². The molecule has 0 aromatic carbocycles. The number of carbonyl (C=O) groups excluding carboxylic acids is 4. The molecule has 1 heterocycles. The van der Waals surface area contributed by atoms with Crippen molar-refractivity contribution in [2.45, 2.75) is 50.8 Å². The Balaban J connectivity index is 0.00000506. The average Bonchev–Trinajstić information content (AvgIpc) is 2.85. The monoisotopic (exact) mass is 622 g/mol. The molecule has 1 fully saturated rings. The maximum Gasteiger partial charge on any atom is 0.255 e. The van der Waals surface area contributed by atoms with Gasteiger partial charge in [0.15, 0.2) is 23.0 Å². The lowest BCUT2D eigenvalue weighted by Gasteiger charge is -2.50. The number of amides is 2. The van der Waals surface area contributed by atoms with E-state index < -0.39 is 69.7 Å². The summed E-state index contributed by atoms with van der Waals surface area (Å²) in [6, 6.07) is -1.18. The van der Waals surface area contributed by atoms with Crippen LogP contribution in [-0.2, 0) is 25.6 Å². The number of hydrogen-bond acceptors (Lipinski definition) is 12. The number of pyridine rings is 1. The lowest BCUT2D eigenvalue weighted by Crippen LogP contribution is -2.65. The molecule has 2 amide bonds. The summed E-state index contributed by atoms with van der Waals surface area (Å²) in [5, 5.41) is 51.0. The van der Waals surface area contributed by atoms with Crippen LogP contribution < -0.4 is 21.3 Å². The highest BCUT2D eigenvalue weighted by molar-refractivity contribution is 6.24. The number of rotatable bonds is 6. The van der Waals surface area contributed by atoms with Crippen molar-refractivity contribution >= 4 is 53.2 Å². The smallest absolute Gasteiger partial charge is 0.255 e. The average molecular weight is 623 g/mol. The molecule has 1 aromatic rings. The van der Waals surface area contributed by atoms with Gasteiger partial charge in [0.05, 0.1) is 18.2 Å². The van der Waals surface area contributed by atoms with E-state index >= 15 is 0 Å². The Morgan fingerprint density at radius 3 is 2.23 bits per heavy atom. The number of anilines is 2. The minimum atomic E-state index is -2.74. The van der Waals surface area contributed by atoms with Gasteiger partial charge in [0, 0.05) is 36.7 Å². The minimum absolute atomic E-state index is 0. The number of hydrogen-bond donors (Lipinski definition) is 7. The molecule has 4 rings (SSSR count). The number of aromatic hydroxyl groups is 1. The van der Waals surface area contributed by atoms with Crippen LogP contribution in [0.15, 0.2) is 16.9 Å². The third-order valence-electron chi connectivity index (χ3n) is 8.02. The fourth-order valence-electron chi connectivity index (χ4n) is 6.16. The molecule has 3 aliphatic carbocycles. The Morgan fingerprint density at radius 1 is 1.12 bits per heavy atom. The molecular formula is C28H39ClN6O8. The Hall–Kier alpha value is -3.72. The summed E-state index contributed by atoms with van der Waals surface area (Å²) in [6.45, 7) is 5.53. The number of nitrogens with two attached hydrogens (primary N) is 1. The first-order valence-corrected chi connectivity index (χ1v) is 13.5. The number of fused-ring (bicyclic) bond motifs is 3. The summed E-state index contributed by atoms with van der Waals surface area (Å²) in [5.74, 6) is -8.06. The van der Waals surface area contributed by atoms with Crippen LogP contribution in [0.3, 0.4) is 0 Å². The second kappa shape index (κ2) is 11.4. The summed E-state index contributed by atoms with van der Waals surface area (Å²) in [4.78, 5) is 59.6. The van der Waals surface area contributed by atoms with E-state index in [-0.39, 0.29) is 54.3 Å². The zero-order valence-electron chi connectivity index (χ0n) is 25.1. The van der Waals surface area contributed by atoms with Crippen LogP contribution in [0, 0.1) is 11.8 Å². The second-order valence-corrected chi connectivity index (χ2v) is 12.5. The molecular weight excluding hydrogens is 584 g/mol. The number of primary amides is 1. The van der Waals surface area contributed by atoms with Gasteiger partial charge in [0.1, 0.15) is 22.9 Å². The van der Waals surface area contributed by atoms with Gasteiger partial charge in [-0.15, -0.1) is 12.4 Å². The summed E-state index contributed by atoms with van der Waals surface area (Å²) < 4.78 is 0. The van der Waals surface area contributed by atoms with Crippen LogP contribution in [0.2, 0.25) is 0 Å². The highest BCUT2D eigenvalue weighted by Gasteiger charge is 2.64. The first kappa shape index (κ1) is 33.8. The van der Waals surface area contributed by atoms with Crippen molar-refractivity contribution in [1.29, 1.82) is 0 Å². The number of aliphatic hydroxyl groups excluding tert-OH is 2. The number of halogens is 1. The molecule has 0 radical (unpaired) electrons. The fraction of sp³-hybridized carbons (Fsp3) is 0.536. The highest BCUT2D eigenvalue weighted by atomic mass is 35.5. The van der Waals surface area contributed by atoms with Gasteiger partial charge in [-0.25, -0.2) is 4.98 Å². The quantitative estimate of drug-likeness (QED) is 0.211. The number of likely N-dealkylation sites (N-methyl/N-ethyl adjacent to an activating group) is 1. The largest absolute Gasteiger partial charge is 0.508 e. The molecule has 236 valence electrons. The van der Waals surface area contributed by atoms with Crippen LogP contribution in [0.5, 0.6) is 5.75 Å². The minimum Gasteiger partial charge on any atom is -0.508 e. The van der Waals surface area contributed by atoms with Gasteiger partial charge in [-0.2, -0.15) is 0 Å². The standard InChI is InChI=1S/C28H38N6O8.ClH/c1-27(2,3)30-10-14(35)31-25-21(38)16-12(26(32-25)34(6)7)8-11-9-13-18(33(4)5)20(37)17(24(29)41)23(40)28(13,42)22(39)15(11)19(16)36;/h11,13,18,30,36,38,40,42H,8-10H2,1-7H3,(H2,29,41)(H,31,32,35);1H/t11-,13-,18-,28-;/m0./s1. The van der Waals surface area contributed by atoms with Gasteiger partial charge >= 0.3 is 0 Å². The zero-order chi connectivity index (χ0) is 31.6. The normalized spacial score (nSPS) is 25.1. The number of aliphatic hydroxyl groups is 3. The van der Waals surface area contributed by atoms with E-state index in [1.165, 1.54) is 19.0 Å². The molecule has 0 spiro atoms. The Labute approximate surface area is 255 Å². The van der Waals surface area contributed by atoms with E-state index in [1.807, 2.05) is 20.8 Å². The Bertz CT molecular complexity index is 1460. The molecule has 1 saturated carbocycles. The number of nitrogens with one attached hydrogen (secondary N) is 2. The van der Waals surface area contributed by atoms with E-state index in [9.17, 15) is 39.6 Å². The van der Waals surface area contributed by atoms with Gasteiger partial charge in [0.2, 0.25) is 11.7 Å². The second-order valence-electron chi connectivity index (χ2n) is 12.5. The topological polar surface area (TPSA) is 219 Å². The fourth-order valence-corrected chi connectivity index (χ4v) is 6.16. The molecule has 15 heteroatoms. The zero-order valence-corrected chi connectivity index (χ0v) is 25.9. The summed E-state index contributed by atoms with van der Waals surface area (Å²) in [6.07, 6.45) is 0.0266. The van der Waals surface area contributed by atoms with E-state index in [1.54, 1.807) is 19.0 Å². The molecule has 8 N–H and O–H groups in total. The highest BCUT2D eigenvalue weighted by Crippen LogP contribution is 2.54. The van der Waals surface area contributed by atoms with Gasteiger partial charge in [-0.3, -0.25) is 24.1 Å². The predicted molar refractivity (Wildman–Crippen MR) is 160 cm³/mol. The van der Waals surface area contributed by atoms with Crippen LogP contribution in [-0.4, -0.2) is 106 Å². The first-order chi connectivity index (χ1) is 19.3. The molecule has 1 aromatic heterocycles. The van der Waals surface area contributed by atoms with Crippen LogP contribution in [0.4, 0.5) is 11.6 Å². The number of nitrogens with zero attached hydrogens (tertiary/aromatic N) is 3. The van der Waals surface area contributed by atoms with Crippen molar-refractivity contribution in [2.24, 2.45) is 17.6 Å². The van der Waals surface area contributed by atoms with E-state index in [0.29, 0.717) is 11.4 Å². The molecule has 4 atom stereocenters. The van der Waals surface area contributed by atoms with Crippen molar-refractivity contribution < 1.29 is 39.6 Å². The van der Waals surface area contributed by atoms with E-state index in [0.717, 1.165) is 0 Å². The third-order valence-corrected chi connectivity index (χ3v) is 8.02. The van der Waals surface area contributed by atoms with E-state index in [2.05, 4.69) is 15.6 Å². The molecule has 0 bridgehead atoms. The van der Waals surface area contributed by atoms with Crippen LogP contribution in [0.25, 0.3) is 5.76 Å². The number of carbonyl (C=O) groups is 4. The van der Waals surface area contributed by atoms with Gasteiger partial charge < -0.3 is 41.7 Å². The maximum atomic E-state index is 14.0. The molecule has 0 aliphatic heterocycles. The Morgan fingerprint density at radius 2 is 1.72 bits per heavy atom. The summed E-state index contributed by atoms with van der Waals surface area (Å²) in [7, 11) is 6.44. The molecule has 3 aliphatic rings. The summed E-state index contributed by atoms with van der Waals surface area (Å²) in [5.41, 5.74) is 1.30. The lowest BCUT2D eigenvalue weighted by molar-refractivity contribution is -0.153.